The van der Waals surface area contributed by atoms with Gasteiger partial charge in [-0.15, -0.1) is 11.8 Å². The number of quaternary nitrogens is 1. The highest BCUT2D eigenvalue weighted by molar-refractivity contribution is 7.98. The van der Waals surface area contributed by atoms with Gasteiger partial charge < -0.3 is 31.6 Å². The number of thioether (sulfide) groups is 1. The molecule has 3 rings (SSSR count). The zero-order chi connectivity index (χ0) is 19.4. The number of rotatable bonds is 7. The minimum atomic E-state index is -0.416. The van der Waals surface area contributed by atoms with Crippen LogP contribution in [0.3, 0.4) is 0 Å². The van der Waals surface area contributed by atoms with Crippen LogP contribution in [0.1, 0.15) is 28.6 Å². The van der Waals surface area contributed by atoms with E-state index in [2.05, 4.69) is 0 Å². The van der Waals surface area contributed by atoms with Gasteiger partial charge in [0.15, 0.2) is 0 Å². The van der Waals surface area contributed by atoms with Gasteiger partial charge in [-0.1, -0.05) is 18.2 Å². The van der Waals surface area contributed by atoms with Crippen molar-refractivity contribution in [2.45, 2.75) is 24.1 Å². The normalized spacial score (nSPS) is 10.9. The number of carbonyl (C=O) groups excluding carboxylic acids is 1. The van der Waals surface area contributed by atoms with Gasteiger partial charge in [0.1, 0.15) is 29.2 Å². The summed E-state index contributed by atoms with van der Waals surface area (Å²) in [5.41, 5.74) is 1.72. The first-order chi connectivity index (χ1) is 13.0. The SMILES string of the molecule is CCOC(=O)c1c(CSc2ccccc2)oc2ccc(O)c(C[NH+](C)C)c12.[Cl-]. The summed E-state index contributed by atoms with van der Waals surface area (Å²) in [7, 11) is 3.99. The standard InChI is InChI=1S/C21H23NO4S.ClH/c1-4-25-21(24)20-18(13-27-14-8-6-5-7-9-14)26-17-11-10-16(23)15(19(17)20)12-22(2)3;/h5-11,23H,4,12-13H2,1-3H3;1H. The number of phenols is 1. The van der Waals surface area contributed by atoms with E-state index in [0.717, 1.165) is 9.80 Å². The summed E-state index contributed by atoms with van der Waals surface area (Å²) in [6.07, 6.45) is 0. The van der Waals surface area contributed by atoms with Crippen molar-refractivity contribution in [2.75, 3.05) is 20.7 Å². The van der Waals surface area contributed by atoms with E-state index in [0.29, 0.717) is 40.2 Å². The number of esters is 1. The average Bonchev–Trinajstić information content (AvgIpc) is 3.02. The third-order valence-electron chi connectivity index (χ3n) is 4.13. The molecule has 2 N–H and O–H groups in total. The van der Waals surface area contributed by atoms with Gasteiger partial charge in [-0.05, 0) is 31.2 Å². The van der Waals surface area contributed by atoms with Crippen molar-refractivity contribution >= 4 is 28.7 Å². The van der Waals surface area contributed by atoms with Gasteiger partial charge in [-0.25, -0.2) is 4.79 Å². The maximum absolute atomic E-state index is 12.7. The summed E-state index contributed by atoms with van der Waals surface area (Å²) < 4.78 is 11.3. The molecule has 0 aliphatic heterocycles. The van der Waals surface area contributed by atoms with Gasteiger partial charge in [-0.2, -0.15) is 0 Å². The number of phenolic OH excluding ortho intramolecular Hbond substituents is 1. The van der Waals surface area contributed by atoms with E-state index < -0.39 is 5.97 Å². The molecule has 0 aliphatic carbocycles. The van der Waals surface area contributed by atoms with Crippen LogP contribution >= 0.6 is 11.8 Å². The molecule has 0 fully saturated rings. The summed E-state index contributed by atoms with van der Waals surface area (Å²) in [5.74, 6) is 0.817. The fourth-order valence-electron chi connectivity index (χ4n) is 3.02. The lowest BCUT2D eigenvalue weighted by molar-refractivity contribution is -0.872. The number of ether oxygens (including phenoxy) is 1. The molecule has 0 saturated carbocycles. The third-order valence-corrected chi connectivity index (χ3v) is 5.15. The van der Waals surface area contributed by atoms with Crippen LogP contribution in [-0.2, 0) is 17.0 Å². The molecular weight excluding hydrogens is 398 g/mol. The quantitative estimate of drug-likeness (QED) is 0.423. The van der Waals surface area contributed by atoms with E-state index in [4.69, 9.17) is 9.15 Å². The molecule has 1 aromatic heterocycles. The molecule has 3 aromatic rings. The van der Waals surface area contributed by atoms with Gasteiger partial charge >= 0.3 is 5.97 Å². The molecule has 28 heavy (non-hydrogen) atoms. The Hall–Kier alpha value is -2.15. The van der Waals surface area contributed by atoms with Crippen molar-refractivity contribution in [3.63, 3.8) is 0 Å². The lowest BCUT2D eigenvalue weighted by Crippen LogP contribution is -3.04. The molecule has 7 heteroatoms. The molecule has 150 valence electrons. The highest BCUT2D eigenvalue weighted by Gasteiger charge is 2.26. The lowest BCUT2D eigenvalue weighted by atomic mass is 10.0. The Bertz CT molecular complexity index is 940. The van der Waals surface area contributed by atoms with Crippen LogP contribution in [0.15, 0.2) is 51.8 Å². The van der Waals surface area contributed by atoms with Crippen LogP contribution in [-0.4, -0.2) is 31.8 Å². The van der Waals surface area contributed by atoms with E-state index in [1.165, 1.54) is 0 Å². The summed E-state index contributed by atoms with van der Waals surface area (Å²) >= 11 is 1.59. The van der Waals surface area contributed by atoms with Crippen molar-refractivity contribution in [1.29, 1.82) is 0 Å². The highest BCUT2D eigenvalue weighted by Crippen LogP contribution is 2.36. The molecule has 0 unspecified atom stereocenters. The Kier molecular flexibility index (Phi) is 7.80. The molecule has 0 spiro atoms. The minimum absolute atomic E-state index is 0. The zero-order valence-electron chi connectivity index (χ0n) is 16.1. The zero-order valence-corrected chi connectivity index (χ0v) is 17.7. The number of carbonyl (C=O) groups is 1. The minimum Gasteiger partial charge on any atom is -1.00 e. The van der Waals surface area contributed by atoms with Crippen molar-refractivity contribution < 1.29 is 36.4 Å². The Balaban J connectivity index is 0.00000280. The van der Waals surface area contributed by atoms with E-state index in [-0.39, 0.29) is 24.8 Å². The van der Waals surface area contributed by atoms with Crippen molar-refractivity contribution in [3.05, 3.63) is 59.4 Å². The van der Waals surface area contributed by atoms with Gasteiger partial charge in [-0.3, -0.25) is 0 Å². The number of fused-ring (bicyclic) bond motifs is 1. The number of hydrogen-bond donors (Lipinski definition) is 2. The number of benzene rings is 2. The van der Waals surface area contributed by atoms with Crippen LogP contribution in [0.5, 0.6) is 5.75 Å². The van der Waals surface area contributed by atoms with E-state index in [1.54, 1.807) is 30.8 Å². The van der Waals surface area contributed by atoms with Gasteiger partial charge in [0.25, 0.3) is 0 Å². The summed E-state index contributed by atoms with van der Waals surface area (Å²) in [5, 5.41) is 11.0. The summed E-state index contributed by atoms with van der Waals surface area (Å²) in [4.78, 5) is 14.9. The Labute approximate surface area is 175 Å². The maximum Gasteiger partial charge on any atom is 0.342 e. The number of aromatic hydroxyl groups is 1. The Morgan fingerprint density at radius 3 is 2.54 bits per heavy atom. The highest BCUT2D eigenvalue weighted by atomic mass is 35.5. The largest absolute Gasteiger partial charge is 1.00 e. The summed E-state index contributed by atoms with van der Waals surface area (Å²) in [6.45, 7) is 2.63. The van der Waals surface area contributed by atoms with E-state index in [1.807, 2.05) is 44.4 Å². The second-order valence-electron chi connectivity index (χ2n) is 6.54. The van der Waals surface area contributed by atoms with Crippen molar-refractivity contribution in [1.82, 2.24) is 0 Å². The van der Waals surface area contributed by atoms with Gasteiger partial charge in [0, 0.05) is 10.3 Å². The first kappa shape index (κ1) is 22.1. The smallest absolute Gasteiger partial charge is 0.342 e. The second-order valence-corrected chi connectivity index (χ2v) is 7.59. The molecule has 0 radical (unpaired) electrons. The molecule has 0 saturated heterocycles. The van der Waals surface area contributed by atoms with E-state index in [9.17, 15) is 9.90 Å². The molecule has 0 bridgehead atoms. The molecule has 0 amide bonds. The van der Waals surface area contributed by atoms with Crippen LogP contribution in [0, 0.1) is 0 Å². The fraction of sp³-hybridized carbons (Fsp3) is 0.286. The van der Waals surface area contributed by atoms with Gasteiger partial charge in [0.2, 0.25) is 0 Å². The molecule has 2 aromatic carbocycles. The van der Waals surface area contributed by atoms with E-state index >= 15 is 0 Å². The molecule has 1 heterocycles. The molecule has 0 aliphatic rings. The van der Waals surface area contributed by atoms with Crippen molar-refractivity contribution in [3.8, 4) is 5.75 Å². The average molecular weight is 422 g/mol. The number of nitrogens with one attached hydrogen (secondary N) is 1. The predicted octanol–water partition coefficient (Wildman–Crippen LogP) is 0.256. The molecule has 0 atom stereocenters. The first-order valence-electron chi connectivity index (χ1n) is 8.91. The Morgan fingerprint density at radius 2 is 1.89 bits per heavy atom. The van der Waals surface area contributed by atoms with Crippen LogP contribution in [0.25, 0.3) is 11.0 Å². The maximum atomic E-state index is 12.7. The Morgan fingerprint density at radius 1 is 1.18 bits per heavy atom. The molecular formula is C21H24ClNO4S. The topological polar surface area (TPSA) is 64.1 Å². The number of hydrogen-bond acceptors (Lipinski definition) is 5. The first-order valence-corrected chi connectivity index (χ1v) is 9.90. The van der Waals surface area contributed by atoms with Crippen LogP contribution in [0.4, 0.5) is 0 Å². The van der Waals surface area contributed by atoms with Gasteiger partial charge in [0.05, 0.1) is 32.0 Å². The summed E-state index contributed by atoms with van der Waals surface area (Å²) in [6, 6.07) is 13.3. The van der Waals surface area contributed by atoms with Crippen LogP contribution < -0.4 is 17.3 Å². The number of halogens is 1. The lowest BCUT2D eigenvalue weighted by Gasteiger charge is -2.11. The van der Waals surface area contributed by atoms with Crippen molar-refractivity contribution in [2.24, 2.45) is 0 Å². The third kappa shape index (κ3) is 4.82. The predicted molar refractivity (Wildman–Crippen MR) is 106 cm³/mol. The second kappa shape index (κ2) is 9.87. The van der Waals surface area contributed by atoms with Crippen LogP contribution in [0.2, 0.25) is 0 Å². The molecule has 5 nitrogen and oxygen atoms in total. The monoisotopic (exact) mass is 421 g/mol. The number of furan rings is 1. The fourth-order valence-corrected chi connectivity index (χ4v) is 3.87.